The van der Waals surface area contributed by atoms with Crippen LogP contribution in [0.25, 0.3) is 106 Å². The fourth-order valence-electron chi connectivity index (χ4n) is 8.93. The maximum Gasteiger partial charge on any atom is 0.226 e. The molecular weight excluding hydrogens is 661 g/mol. The van der Waals surface area contributed by atoms with Crippen molar-refractivity contribution in [1.29, 1.82) is 0 Å². The zero-order chi connectivity index (χ0) is 35.5. The van der Waals surface area contributed by atoms with Crippen LogP contribution >= 0.6 is 0 Å². The maximum absolute atomic E-state index is 6.14. The lowest BCUT2D eigenvalue weighted by molar-refractivity contribution is 0.549. The molecule has 0 N–H and O–H groups in total. The van der Waals surface area contributed by atoms with Crippen LogP contribution in [-0.2, 0) is 5.41 Å². The summed E-state index contributed by atoms with van der Waals surface area (Å²) >= 11 is 0. The monoisotopic (exact) mass is 690 g/mol. The van der Waals surface area contributed by atoms with Gasteiger partial charge in [-0.05, 0) is 104 Å². The molecule has 54 heavy (non-hydrogen) atoms. The summed E-state index contributed by atoms with van der Waals surface area (Å²) in [6.45, 7) is 2.21. The first-order chi connectivity index (χ1) is 26.6. The van der Waals surface area contributed by atoms with E-state index in [0.29, 0.717) is 24.0 Å². The molecule has 1 unspecified atom stereocenters. The molecule has 0 amide bonds. The van der Waals surface area contributed by atoms with Gasteiger partial charge in [0.15, 0.2) is 17.2 Å². The molecule has 12 rings (SSSR count). The Hall–Kier alpha value is -6.98. The van der Waals surface area contributed by atoms with Crippen molar-refractivity contribution < 1.29 is 4.42 Å². The highest BCUT2D eigenvalue weighted by Crippen LogP contribution is 2.51. The van der Waals surface area contributed by atoms with Crippen molar-refractivity contribution in [2.75, 3.05) is 0 Å². The number of oxazole rings is 1. The van der Waals surface area contributed by atoms with Gasteiger partial charge in [0, 0.05) is 22.1 Å². The van der Waals surface area contributed by atoms with Crippen LogP contribution < -0.4 is 0 Å². The number of rotatable bonds is 4. The van der Waals surface area contributed by atoms with Crippen molar-refractivity contribution in [2.24, 2.45) is 0 Å². The van der Waals surface area contributed by atoms with E-state index in [-0.39, 0.29) is 0 Å². The highest BCUT2D eigenvalue weighted by atomic mass is 16.3. The third-order valence-corrected chi connectivity index (χ3v) is 11.6. The number of fused-ring (bicyclic) bond motifs is 7. The summed E-state index contributed by atoms with van der Waals surface area (Å²) in [5.41, 5.74) is 14.1. The number of hydrogen-bond donors (Lipinski definition) is 0. The average Bonchev–Trinajstić information content (AvgIpc) is 3.91. The second-order valence-electron chi connectivity index (χ2n) is 14.8. The molecule has 0 bridgehead atoms. The van der Waals surface area contributed by atoms with Gasteiger partial charge in [-0.2, -0.15) is 0 Å². The van der Waals surface area contributed by atoms with Crippen LogP contribution in [0, 0.1) is 0 Å². The summed E-state index contributed by atoms with van der Waals surface area (Å²) in [6.07, 6.45) is 7.18. The lowest BCUT2D eigenvalue weighted by atomic mass is 9.81. The van der Waals surface area contributed by atoms with E-state index in [9.17, 15) is 0 Å². The van der Waals surface area contributed by atoms with Gasteiger partial charge in [-0.15, -0.1) is 0 Å². The minimum atomic E-state index is -0.502. The molecule has 2 heterocycles. The summed E-state index contributed by atoms with van der Waals surface area (Å²) in [5, 5.41) is 4.78. The van der Waals surface area contributed by atoms with Crippen LogP contribution in [0.5, 0.6) is 0 Å². The van der Waals surface area contributed by atoms with E-state index >= 15 is 0 Å². The summed E-state index contributed by atoms with van der Waals surface area (Å²) in [5.74, 6) is 2.69. The molecule has 0 saturated heterocycles. The summed E-state index contributed by atoms with van der Waals surface area (Å²) in [7, 11) is 0. The van der Waals surface area contributed by atoms with Gasteiger partial charge >= 0.3 is 0 Å². The minimum absolute atomic E-state index is 0.502. The lowest BCUT2D eigenvalue weighted by Gasteiger charge is -2.27. The number of aromatic nitrogens is 4. The number of allylic oxidation sites excluding steroid dienone is 4. The zero-order valence-electron chi connectivity index (χ0n) is 29.3. The van der Waals surface area contributed by atoms with Gasteiger partial charge in [0.2, 0.25) is 5.89 Å². The van der Waals surface area contributed by atoms with Gasteiger partial charge in [0.05, 0.1) is 0 Å². The Labute approximate surface area is 311 Å². The molecule has 5 heteroatoms. The Bertz CT molecular complexity index is 2920. The van der Waals surface area contributed by atoms with Crippen molar-refractivity contribution in [3.63, 3.8) is 0 Å². The summed E-state index contributed by atoms with van der Waals surface area (Å²) in [4.78, 5) is 20.8. The topological polar surface area (TPSA) is 64.7 Å². The molecule has 1 atom stereocenters. The molecule has 3 aliphatic carbocycles. The van der Waals surface area contributed by atoms with Crippen molar-refractivity contribution >= 4 is 38.2 Å². The van der Waals surface area contributed by atoms with E-state index in [2.05, 4.69) is 134 Å². The Balaban J connectivity index is 1.05. The van der Waals surface area contributed by atoms with Crippen LogP contribution in [0.15, 0.2) is 156 Å². The van der Waals surface area contributed by atoms with E-state index < -0.39 is 5.41 Å². The lowest BCUT2D eigenvalue weighted by Crippen LogP contribution is -2.24. The molecule has 0 radical (unpaired) electrons. The third-order valence-electron chi connectivity index (χ3n) is 11.6. The van der Waals surface area contributed by atoms with Crippen LogP contribution in [0.3, 0.4) is 0 Å². The molecule has 9 aromatic rings. The standard InChI is InChI=1S/C49H30N4O/c1-49(26-24-28(25-27-49)47-50-41-18-6-7-19-42(41)54-47)48-52-45(39-22-20-37-31-12-4-2-10-29(31)33-14-8-16-35(39)43(33)37)51-46(53-48)40-23-21-38-32-13-5-3-11-30(32)34-15-9-17-36(40)44(34)38/h2-26H,27H2,1H3. The second kappa shape index (κ2) is 10.8. The quantitative estimate of drug-likeness (QED) is 0.184. The van der Waals surface area contributed by atoms with E-state index in [1.54, 1.807) is 0 Å². The molecule has 0 saturated carbocycles. The number of hydrogen-bond acceptors (Lipinski definition) is 5. The smallest absolute Gasteiger partial charge is 0.226 e. The van der Waals surface area contributed by atoms with E-state index in [4.69, 9.17) is 24.4 Å². The molecule has 0 aliphatic heterocycles. The van der Waals surface area contributed by atoms with E-state index in [1.807, 2.05) is 24.3 Å². The molecule has 3 aliphatic rings. The normalized spacial score (nSPS) is 16.3. The second-order valence-corrected chi connectivity index (χ2v) is 14.8. The fourth-order valence-corrected chi connectivity index (χ4v) is 8.93. The van der Waals surface area contributed by atoms with Gasteiger partial charge in [0.1, 0.15) is 11.3 Å². The average molecular weight is 691 g/mol. The minimum Gasteiger partial charge on any atom is -0.436 e. The number of benzene rings is 7. The molecule has 5 nitrogen and oxygen atoms in total. The molecule has 0 spiro atoms. The molecular formula is C49H30N4O. The van der Waals surface area contributed by atoms with Crippen molar-refractivity contribution in [3.8, 4) is 67.3 Å². The van der Waals surface area contributed by atoms with Crippen LogP contribution in [-0.4, -0.2) is 19.9 Å². The first kappa shape index (κ1) is 29.6. The van der Waals surface area contributed by atoms with Gasteiger partial charge in [-0.1, -0.05) is 127 Å². The third kappa shape index (κ3) is 4.09. The number of nitrogens with zero attached hydrogens (tertiary/aromatic N) is 4. The van der Waals surface area contributed by atoms with E-state index in [1.165, 1.54) is 55.3 Å². The van der Waals surface area contributed by atoms with Crippen molar-refractivity contribution in [1.82, 2.24) is 19.9 Å². The van der Waals surface area contributed by atoms with Gasteiger partial charge in [0.25, 0.3) is 0 Å². The van der Waals surface area contributed by atoms with Crippen LogP contribution in [0.1, 0.15) is 25.1 Å². The van der Waals surface area contributed by atoms with Crippen LogP contribution in [0.2, 0.25) is 0 Å². The molecule has 252 valence electrons. The Morgan fingerprint density at radius 2 is 0.981 bits per heavy atom. The van der Waals surface area contributed by atoms with Crippen molar-refractivity contribution in [2.45, 2.75) is 18.8 Å². The number of para-hydroxylation sites is 2. The summed E-state index contributed by atoms with van der Waals surface area (Å²) < 4.78 is 6.14. The largest absolute Gasteiger partial charge is 0.436 e. The van der Waals surface area contributed by atoms with Gasteiger partial charge in [-0.25, -0.2) is 19.9 Å². The first-order valence-electron chi connectivity index (χ1n) is 18.4. The molecule has 0 fully saturated rings. The van der Waals surface area contributed by atoms with Crippen molar-refractivity contribution in [3.05, 3.63) is 163 Å². The maximum atomic E-state index is 6.14. The Kier molecular flexibility index (Phi) is 5.91. The molecule has 2 aromatic heterocycles. The summed E-state index contributed by atoms with van der Waals surface area (Å²) in [6, 6.07) is 47.3. The predicted molar refractivity (Wildman–Crippen MR) is 218 cm³/mol. The zero-order valence-corrected chi connectivity index (χ0v) is 29.3. The molecule has 7 aromatic carbocycles. The SMILES string of the molecule is CC1(c2nc(-c3ccc4c5c(cccc35)-c3ccccc3-4)nc(-c3ccc4c5c(cccc35)-c3ccccc3-4)n2)C=CC(c2nc3ccccc3o2)=CC1. The highest BCUT2D eigenvalue weighted by molar-refractivity contribution is 6.19. The van der Waals surface area contributed by atoms with E-state index in [0.717, 1.165) is 44.4 Å². The van der Waals surface area contributed by atoms with Gasteiger partial charge in [-0.3, -0.25) is 0 Å². The predicted octanol–water partition coefficient (Wildman–Crippen LogP) is 12.2. The first-order valence-corrected chi connectivity index (χ1v) is 18.4. The Morgan fingerprint density at radius 3 is 1.52 bits per heavy atom. The highest BCUT2D eigenvalue weighted by Gasteiger charge is 2.32. The van der Waals surface area contributed by atoms with Crippen LogP contribution in [0.4, 0.5) is 0 Å². The fraction of sp³-hybridized carbons (Fsp3) is 0.0612. The Morgan fingerprint density at radius 1 is 0.481 bits per heavy atom. The van der Waals surface area contributed by atoms with Gasteiger partial charge < -0.3 is 4.42 Å².